The highest BCUT2D eigenvalue weighted by atomic mass is 35.5. The van der Waals surface area contributed by atoms with Crippen LogP contribution in [0, 0.1) is 0 Å². The first-order chi connectivity index (χ1) is 8.31. The minimum Gasteiger partial charge on any atom is -0.469 e. The summed E-state index contributed by atoms with van der Waals surface area (Å²) in [5.41, 5.74) is 1.02. The molecule has 0 amide bonds. The topological polar surface area (TPSA) is 80.7 Å². The summed E-state index contributed by atoms with van der Waals surface area (Å²) in [7, 11) is 0. The van der Waals surface area contributed by atoms with Gasteiger partial charge in [0, 0.05) is 0 Å². The normalized spacial score (nSPS) is 11.5. The first-order valence-electron chi connectivity index (χ1n) is 4.68. The Morgan fingerprint density at radius 2 is 2.12 bits per heavy atom. The van der Waals surface area contributed by atoms with Gasteiger partial charge < -0.3 is 9.94 Å². The van der Waals surface area contributed by atoms with Gasteiger partial charge in [0.05, 0.1) is 0 Å². The molecule has 2 rings (SSSR count). The fourth-order valence-electron chi connectivity index (χ4n) is 1.17. The van der Waals surface area contributed by atoms with E-state index >= 15 is 0 Å². The van der Waals surface area contributed by atoms with Gasteiger partial charge in [0.2, 0.25) is 10.9 Å². The van der Waals surface area contributed by atoms with E-state index in [4.69, 9.17) is 21.5 Å². The minimum atomic E-state index is -0.241. The number of hydrogen-bond acceptors (Lipinski definition) is 6. The Bertz CT molecular complexity index is 513. The van der Waals surface area contributed by atoms with Crippen molar-refractivity contribution in [3.63, 3.8) is 0 Å². The molecule has 6 nitrogen and oxygen atoms in total. The molecule has 0 radical (unpaired) electrons. The van der Waals surface area contributed by atoms with Gasteiger partial charge in [0.25, 0.3) is 5.88 Å². The van der Waals surface area contributed by atoms with Gasteiger partial charge in [-0.15, -0.1) is 0 Å². The highest BCUT2D eigenvalue weighted by Gasteiger charge is 2.16. The van der Waals surface area contributed by atoms with E-state index in [1.807, 2.05) is 30.3 Å². The molecular formula is C10H8ClN3O3. The van der Waals surface area contributed by atoms with Crippen LogP contribution >= 0.6 is 11.6 Å². The monoisotopic (exact) mass is 253 g/mol. The van der Waals surface area contributed by atoms with E-state index in [1.54, 1.807) is 0 Å². The lowest BCUT2D eigenvalue weighted by molar-refractivity contribution is 0.249. The highest BCUT2D eigenvalue weighted by Crippen LogP contribution is 2.17. The number of ether oxygens (including phenoxy) is 1. The van der Waals surface area contributed by atoms with Gasteiger partial charge in [0.1, 0.15) is 6.61 Å². The first kappa shape index (κ1) is 11.4. The number of rotatable bonds is 4. The smallest absolute Gasteiger partial charge is 0.287 e. The number of halogens is 1. The summed E-state index contributed by atoms with van der Waals surface area (Å²) in [6.07, 6.45) is 0. The molecule has 0 bridgehead atoms. The summed E-state index contributed by atoms with van der Waals surface area (Å²) in [4.78, 5) is 0. The molecule has 0 spiro atoms. The summed E-state index contributed by atoms with van der Waals surface area (Å²) in [6.45, 7) is 0.289. The third-order valence-corrected chi connectivity index (χ3v) is 2.21. The zero-order chi connectivity index (χ0) is 12.1. The van der Waals surface area contributed by atoms with E-state index in [9.17, 15) is 0 Å². The van der Waals surface area contributed by atoms with Crippen LogP contribution < -0.4 is 4.74 Å². The second-order valence-corrected chi connectivity index (χ2v) is 3.44. The number of aromatic nitrogens is 2. The van der Waals surface area contributed by atoms with Crippen molar-refractivity contribution in [2.45, 2.75) is 6.61 Å². The molecule has 1 N–H and O–H groups in total. The largest absolute Gasteiger partial charge is 0.469 e. The number of nitrogens with zero attached hydrogens (tertiary/aromatic N) is 3. The maximum Gasteiger partial charge on any atom is 0.287 e. The van der Waals surface area contributed by atoms with E-state index in [0.29, 0.717) is 0 Å². The van der Waals surface area contributed by atoms with Gasteiger partial charge in [-0.25, -0.2) is 4.63 Å². The van der Waals surface area contributed by atoms with Gasteiger partial charge in [-0.3, -0.25) is 0 Å². The molecule has 0 saturated carbocycles. The highest BCUT2D eigenvalue weighted by molar-refractivity contribution is 6.69. The Hall–Kier alpha value is -2.08. The lowest BCUT2D eigenvalue weighted by atomic mass is 10.2. The lowest BCUT2D eigenvalue weighted by Crippen LogP contribution is -2.00. The van der Waals surface area contributed by atoms with Crippen LogP contribution in [0.2, 0.25) is 0 Å². The minimum absolute atomic E-state index is 0.0603. The predicted molar refractivity (Wildman–Crippen MR) is 59.2 cm³/mol. The molecule has 0 saturated heterocycles. The molecule has 1 heterocycles. The number of oxime groups is 1. The molecule has 0 fully saturated rings. The summed E-state index contributed by atoms with van der Waals surface area (Å²) in [6, 6.07) is 9.48. The molecule has 17 heavy (non-hydrogen) atoms. The van der Waals surface area contributed by atoms with Crippen molar-refractivity contribution in [3.05, 3.63) is 41.6 Å². The average molecular weight is 254 g/mol. The Kier molecular flexibility index (Phi) is 3.56. The summed E-state index contributed by atoms with van der Waals surface area (Å²) >= 11 is 5.58. The maximum absolute atomic E-state index is 8.51. The van der Waals surface area contributed by atoms with E-state index in [2.05, 4.69) is 20.1 Å². The summed E-state index contributed by atoms with van der Waals surface area (Å²) in [5.74, 6) is 0.0802. The first-order valence-corrected chi connectivity index (χ1v) is 5.06. The zero-order valence-electron chi connectivity index (χ0n) is 8.58. The Balaban J connectivity index is 2.07. The van der Waals surface area contributed by atoms with Crippen molar-refractivity contribution >= 4 is 16.8 Å². The molecule has 0 aliphatic carbocycles. The van der Waals surface area contributed by atoms with Crippen LogP contribution in [0.5, 0.6) is 5.88 Å². The van der Waals surface area contributed by atoms with Crippen LogP contribution in [0.1, 0.15) is 11.3 Å². The second kappa shape index (κ2) is 5.31. The standard InChI is InChI=1S/C10H8ClN3O3/c11-9(12-15)8-10(14-17-13-8)16-6-7-4-2-1-3-5-7/h1-5,15H,6H2/b12-9-. The maximum atomic E-state index is 8.51. The third-order valence-electron chi connectivity index (χ3n) is 1.96. The molecule has 0 aliphatic rings. The predicted octanol–water partition coefficient (Wildman–Crippen LogP) is 2.02. The van der Waals surface area contributed by atoms with Crippen molar-refractivity contribution in [3.8, 4) is 5.88 Å². The van der Waals surface area contributed by atoms with Gasteiger partial charge in [-0.05, 0) is 15.9 Å². The van der Waals surface area contributed by atoms with Crippen LogP contribution in [0.25, 0.3) is 0 Å². The van der Waals surface area contributed by atoms with Gasteiger partial charge in [-0.1, -0.05) is 47.1 Å². The summed E-state index contributed by atoms with van der Waals surface area (Å²) < 4.78 is 9.80. The average Bonchev–Trinajstić information content (AvgIpc) is 2.85. The molecule has 1 aromatic heterocycles. The molecule has 0 atom stereocenters. The van der Waals surface area contributed by atoms with Crippen molar-refractivity contribution in [1.82, 2.24) is 10.3 Å². The summed E-state index contributed by atoms with van der Waals surface area (Å²) in [5, 5.41) is 18.0. The van der Waals surface area contributed by atoms with E-state index in [-0.39, 0.29) is 23.4 Å². The van der Waals surface area contributed by atoms with Gasteiger partial charge in [0.15, 0.2) is 0 Å². The molecule has 2 aromatic rings. The van der Waals surface area contributed by atoms with Crippen LogP contribution in [-0.4, -0.2) is 20.7 Å². The van der Waals surface area contributed by atoms with Crippen LogP contribution in [0.4, 0.5) is 0 Å². The molecule has 88 valence electrons. The Labute approximate surface area is 101 Å². The van der Waals surface area contributed by atoms with Crippen LogP contribution in [-0.2, 0) is 6.61 Å². The van der Waals surface area contributed by atoms with Gasteiger partial charge >= 0.3 is 0 Å². The van der Waals surface area contributed by atoms with Crippen molar-refractivity contribution in [2.75, 3.05) is 0 Å². The van der Waals surface area contributed by atoms with E-state index in [1.165, 1.54) is 0 Å². The second-order valence-electron chi connectivity index (χ2n) is 3.08. The van der Waals surface area contributed by atoms with Crippen molar-refractivity contribution in [2.24, 2.45) is 5.16 Å². The quantitative estimate of drug-likeness (QED) is 0.512. The van der Waals surface area contributed by atoms with E-state index < -0.39 is 0 Å². The molecular weight excluding hydrogens is 246 g/mol. The molecule has 1 aromatic carbocycles. The molecule has 7 heteroatoms. The zero-order valence-corrected chi connectivity index (χ0v) is 9.33. The third kappa shape index (κ3) is 2.73. The lowest BCUT2D eigenvalue weighted by Gasteiger charge is -2.02. The molecule has 0 unspecified atom stereocenters. The number of hydrogen-bond donors (Lipinski definition) is 1. The Morgan fingerprint density at radius 3 is 2.82 bits per heavy atom. The number of benzene rings is 1. The van der Waals surface area contributed by atoms with E-state index in [0.717, 1.165) is 5.56 Å². The van der Waals surface area contributed by atoms with Crippen molar-refractivity contribution in [1.29, 1.82) is 0 Å². The van der Waals surface area contributed by atoms with Crippen LogP contribution in [0.15, 0.2) is 40.1 Å². The van der Waals surface area contributed by atoms with Crippen LogP contribution in [0.3, 0.4) is 0 Å². The molecule has 0 aliphatic heterocycles. The van der Waals surface area contributed by atoms with Gasteiger partial charge in [-0.2, -0.15) is 0 Å². The van der Waals surface area contributed by atoms with Crippen molar-refractivity contribution < 1.29 is 14.6 Å². The fourth-order valence-corrected chi connectivity index (χ4v) is 1.29. The fraction of sp³-hybridized carbons (Fsp3) is 0.100. The SMILES string of the molecule is O/N=C(\Cl)c1nonc1OCc1ccccc1. The Morgan fingerprint density at radius 1 is 1.35 bits per heavy atom.